The number of anilines is 1. The fourth-order valence-corrected chi connectivity index (χ4v) is 3.78. The lowest BCUT2D eigenvalue weighted by molar-refractivity contribution is -0.384. The van der Waals surface area contributed by atoms with E-state index in [0.29, 0.717) is 17.0 Å². The van der Waals surface area contributed by atoms with Crippen LogP contribution < -0.4 is 10.1 Å². The highest BCUT2D eigenvalue weighted by molar-refractivity contribution is 9.10. The molecule has 0 saturated carbocycles. The van der Waals surface area contributed by atoms with Crippen molar-refractivity contribution in [3.05, 3.63) is 93.6 Å². The van der Waals surface area contributed by atoms with Gasteiger partial charge in [-0.2, -0.15) is 0 Å². The van der Waals surface area contributed by atoms with Gasteiger partial charge >= 0.3 is 6.09 Å². The van der Waals surface area contributed by atoms with Crippen LogP contribution in [-0.4, -0.2) is 26.1 Å². The van der Waals surface area contributed by atoms with Gasteiger partial charge in [0.15, 0.2) is 5.76 Å². The molecule has 0 bridgehead atoms. The highest BCUT2D eigenvalue weighted by Gasteiger charge is 2.14. The largest absolute Gasteiger partial charge is 0.419 e. The van der Waals surface area contributed by atoms with E-state index >= 15 is 0 Å². The lowest BCUT2D eigenvalue weighted by Crippen LogP contribution is -2.18. The van der Waals surface area contributed by atoms with Crippen LogP contribution in [0.15, 0.2) is 88.0 Å². The zero-order valence-electron chi connectivity index (χ0n) is 17.7. The average Bonchev–Trinajstić information content (AvgIpc) is 3.28. The van der Waals surface area contributed by atoms with Crippen molar-refractivity contribution in [3.8, 4) is 28.3 Å². The van der Waals surface area contributed by atoms with Gasteiger partial charge < -0.3 is 9.26 Å². The number of ether oxygens (including phenoxy) is 1. The van der Waals surface area contributed by atoms with E-state index in [2.05, 4.69) is 36.4 Å². The summed E-state index contributed by atoms with van der Waals surface area (Å²) in [6, 6.07) is 20.1. The fraction of sp³-hybridized carbons (Fsp3) is 0. The summed E-state index contributed by atoms with van der Waals surface area (Å²) in [5, 5.41) is 18.2. The Bertz CT molecular complexity index is 1570. The number of amides is 1. The monoisotopic (exact) mass is 531 g/mol. The Kier molecular flexibility index (Phi) is 5.90. The Hall–Kier alpha value is -4.64. The Morgan fingerprint density at radius 1 is 1.03 bits per heavy atom. The van der Waals surface area contributed by atoms with Gasteiger partial charge in [-0.05, 0) is 42.5 Å². The van der Waals surface area contributed by atoms with Gasteiger partial charge in [-0.15, -0.1) is 0 Å². The highest BCUT2D eigenvalue weighted by atomic mass is 79.9. The SMILES string of the molecule is O=C(Nc1nccc(-c2ccc3noc(-c4cccc(Br)c4)c3c2)n1)Oc1ccc([N+](=O)[O-])cc1. The molecule has 10 nitrogen and oxygen atoms in total. The van der Waals surface area contributed by atoms with Crippen LogP contribution in [0.3, 0.4) is 0 Å². The minimum Gasteiger partial charge on any atom is -0.410 e. The van der Waals surface area contributed by atoms with Crippen LogP contribution in [0, 0.1) is 10.1 Å². The number of carbonyl (C=O) groups excluding carboxylic acids is 1. The van der Waals surface area contributed by atoms with Gasteiger partial charge in [0.2, 0.25) is 5.95 Å². The number of rotatable bonds is 5. The quantitative estimate of drug-likeness (QED) is 0.208. The van der Waals surface area contributed by atoms with Crippen molar-refractivity contribution in [1.29, 1.82) is 0 Å². The van der Waals surface area contributed by atoms with Gasteiger partial charge in [0.1, 0.15) is 11.3 Å². The lowest BCUT2D eigenvalue weighted by atomic mass is 10.0. The van der Waals surface area contributed by atoms with Gasteiger partial charge in [0, 0.05) is 33.9 Å². The zero-order chi connectivity index (χ0) is 24.4. The van der Waals surface area contributed by atoms with Gasteiger partial charge in [-0.3, -0.25) is 15.4 Å². The molecular weight excluding hydrogens is 518 g/mol. The number of carbonyl (C=O) groups is 1. The topological polar surface area (TPSA) is 133 Å². The zero-order valence-corrected chi connectivity index (χ0v) is 19.3. The molecule has 0 aliphatic rings. The van der Waals surface area contributed by atoms with E-state index in [9.17, 15) is 14.9 Å². The van der Waals surface area contributed by atoms with Crippen LogP contribution in [0.4, 0.5) is 16.4 Å². The minimum absolute atomic E-state index is 0.0343. The van der Waals surface area contributed by atoms with Gasteiger partial charge in [-0.25, -0.2) is 14.8 Å². The molecule has 0 aliphatic heterocycles. The second-order valence-corrected chi connectivity index (χ2v) is 8.20. The molecular formula is C24H14BrN5O5. The first-order chi connectivity index (χ1) is 17.0. The molecule has 0 aliphatic carbocycles. The third kappa shape index (κ3) is 4.84. The molecule has 0 spiro atoms. The summed E-state index contributed by atoms with van der Waals surface area (Å²) in [7, 11) is 0. The first kappa shape index (κ1) is 22.2. The van der Waals surface area contributed by atoms with E-state index in [1.54, 1.807) is 6.07 Å². The average molecular weight is 532 g/mol. The number of nitrogens with one attached hydrogen (secondary N) is 1. The van der Waals surface area contributed by atoms with Gasteiger partial charge in [0.25, 0.3) is 5.69 Å². The van der Waals surface area contributed by atoms with Crippen molar-refractivity contribution in [3.63, 3.8) is 0 Å². The second-order valence-electron chi connectivity index (χ2n) is 7.28. The van der Waals surface area contributed by atoms with Gasteiger partial charge in [0.05, 0.1) is 16.0 Å². The molecule has 5 rings (SSSR count). The molecule has 11 heteroatoms. The molecule has 0 radical (unpaired) electrons. The number of halogens is 1. The highest BCUT2D eigenvalue weighted by Crippen LogP contribution is 2.33. The maximum absolute atomic E-state index is 12.2. The Morgan fingerprint density at radius 3 is 2.63 bits per heavy atom. The van der Waals surface area contributed by atoms with Crippen molar-refractivity contribution in [2.45, 2.75) is 0 Å². The van der Waals surface area contributed by atoms with E-state index in [1.807, 2.05) is 42.5 Å². The minimum atomic E-state index is -0.831. The van der Waals surface area contributed by atoms with Crippen LogP contribution in [0.1, 0.15) is 0 Å². The number of benzene rings is 3. The summed E-state index contributed by atoms with van der Waals surface area (Å²) in [6.07, 6.45) is 0.680. The van der Waals surface area contributed by atoms with Crippen LogP contribution in [-0.2, 0) is 0 Å². The van der Waals surface area contributed by atoms with Crippen molar-refractivity contribution in [1.82, 2.24) is 15.1 Å². The molecule has 0 fully saturated rings. The summed E-state index contributed by atoms with van der Waals surface area (Å²) in [5.74, 6) is 0.802. The molecule has 1 N–H and O–H groups in total. The van der Waals surface area contributed by atoms with Crippen LogP contribution >= 0.6 is 15.9 Å². The number of nitrogens with zero attached hydrogens (tertiary/aromatic N) is 4. The smallest absolute Gasteiger partial charge is 0.410 e. The molecule has 172 valence electrons. The predicted molar refractivity (Wildman–Crippen MR) is 131 cm³/mol. The van der Waals surface area contributed by atoms with Crippen LogP contribution in [0.25, 0.3) is 33.5 Å². The normalized spacial score (nSPS) is 10.8. The molecule has 2 heterocycles. The molecule has 5 aromatic rings. The summed E-state index contributed by atoms with van der Waals surface area (Å²) in [5.41, 5.74) is 2.79. The van der Waals surface area contributed by atoms with E-state index in [4.69, 9.17) is 9.26 Å². The molecule has 3 aromatic carbocycles. The van der Waals surface area contributed by atoms with E-state index in [0.717, 1.165) is 21.0 Å². The number of fused-ring (bicyclic) bond motifs is 1. The summed E-state index contributed by atoms with van der Waals surface area (Å²) >= 11 is 3.47. The van der Waals surface area contributed by atoms with Gasteiger partial charge in [-0.1, -0.05) is 39.3 Å². The third-order valence-corrected chi connectivity index (χ3v) is 5.48. The summed E-state index contributed by atoms with van der Waals surface area (Å²) in [4.78, 5) is 30.9. The fourth-order valence-electron chi connectivity index (χ4n) is 3.38. The maximum atomic E-state index is 12.2. The summed E-state index contributed by atoms with van der Waals surface area (Å²) in [6.45, 7) is 0. The standard InChI is InChI=1S/C24H14BrN5O5/c25-16-3-1-2-15(12-16)22-19-13-14(4-9-21(19)29-35-22)20-10-11-26-23(27-20)28-24(31)34-18-7-5-17(6-8-18)30(32)33/h1-13H,(H,26,27,28,31). The predicted octanol–water partition coefficient (Wildman–Crippen LogP) is 6.23. The van der Waals surface area contributed by atoms with Crippen molar-refractivity contribution in [2.24, 2.45) is 0 Å². The lowest BCUT2D eigenvalue weighted by Gasteiger charge is -2.07. The maximum Gasteiger partial charge on any atom is 0.419 e. The van der Waals surface area contributed by atoms with Crippen LogP contribution in [0.5, 0.6) is 5.75 Å². The molecule has 0 atom stereocenters. The molecule has 0 saturated heterocycles. The first-order valence-electron chi connectivity index (χ1n) is 10.2. The number of aromatic nitrogens is 3. The van der Waals surface area contributed by atoms with E-state index in [-0.39, 0.29) is 17.4 Å². The molecule has 2 aromatic heterocycles. The summed E-state index contributed by atoms with van der Waals surface area (Å²) < 4.78 is 11.6. The van der Waals surface area contributed by atoms with Crippen molar-refractivity contribution in [2.75, 3.05) is 5.32 Å². The second kappa shape index (κ2) is 9.31. The van der Waals surface area contributed by atoms with Crippen molar-refractivity contribution < 1.29 is 19.0 Å². The number of nitro benzene ring substituents is 1. The molecule has 35 heavy (non-hydrogen) atoms. The first-order valence-corrected chi connectivity index (χ1v) is 11.0. The molecule has 1 amide bonds. The van der Waals surface area contributed by atoms with E-state index < -0.39 is 11.0 Å². The third-order valence-electron chi connectivity index (χ3n) is 4.99. The van der Waals surface area contributed by atoms with E-state index in [1.165, 1.54) is 30.5 Å². The van der Waals surface area contributed by atoms with Crippen molar-refractivity contribution >= 4 is 44.6 Å². The van der Waals surface area contributed by atoms with Crippen LogP contribution in [0.2, 0.25) is 0 Å². The Balaban J connectivity index is 1.37. The Labute approximate surface area is 205 Å². The number of nitro groups is 1. The number of hydrogen-bond donors (Lipinski definition) is 1. The molecule has 0 unspecified atom stereocenters. The number of hydrogen-bond acceptors (Lipinski definition) is 8. The Morgan fingerprint density at radius 2 is 1.86 bits per heavy atom. The number of non-ortho nitro benzene ring substituents is 1.